The van der Waals surface area contributed by atoms with E-state index in [4.69, 9.17) is 4.74 Å². The Hall–Kier alpha value is -4.13. The number of aromatic amines is 1. The smallest absolute Gasteiger partial charge is 0.255 e. The Morgan fingerprint density at radius 3 is 2.36 bits per heavy atom. The van der Waals surface area contributed by atoms with Crippen LogP contribution in [0.2, 0.25) is 0 Å². The molecule has 184 valence electrons. The van der Waals surface area contributed by atoms with Crippen LogP contribution in [0.3, 0.4) is 0 Å². The monoisotopic (exact) mass is 482 g/mol. The minimum Gasteiger partial charge on any atom is -0.497 e. The fourth-order valence-electron chi connectivity index (χ4n) is 4.73. The molecule has 1 aliphatic rings. The van der Waals surface area contributed by atoms with Gasteiger partial charge in [0.15, 0.2) is 0 Å². The van der Waals surface area contributed by atoms with E-state index >= 15 is 0 Å². The Kier molecular flexibility index (Phi) is 6.71. The first-order valence-electron chi connectivity index (χ1n) is 12.4. The van der Waals surface area contributed by atoms with E-state index < -0.39 is 0 Å². The summed E-state index contributed by atoms with van der Waals surface area (Å²) in [4.78, 5) is 33.4. The number of carbonyl (C=O) groups excluding carboxylic acids is 2. The van der Waals surface area contributed by atoms with Crippen LogP contribution < -0.4 is 15.4 Å². The minimum absolute atomic E-state index is 0.0382. The molecule has 2 unspecified atom stereocenters. The number of anilines is 1. The molecule has 7 heteroatoms. The lowest BCUT2D eigenvalue weighted by molar-refractivity contribution is 0.0910. The summed E-state index contributed by atoms with van der Waals surface area (Å²) >= 11 is 0. The van der Waals surface area contributed by atoms with Crippen LogP contribution in [0.25, 0.3) is 22.4 Å². The summed E-state index contributed by atoms with van der Waals surface area (Å²) in [6.45, 7) is 2.21. The van der Waals surface area contributed by atoms with E-state index in [1.165, 1.54) is 12.8 Å². The number of hydrogen-bond donors (Lipinski definition) is 3. The van der Waals surface area contributed by atoms with Gasteiger partial charge in [0, 0.05) is 28.4 Å². The number of fused-ring (bicyclic) bond motifs is 1. The van der Waals surface area contributed by atoms with Gasteiger partial charge in [-0.25, -0.2) is 4.98 Å². The average Bonchev–Trinajstić information content (AvgIpc) is 3.34. The van der Waals surface area contributed by atoms with Crippen molar-refractivity contribution in [2.24, 2.45) is 5.92 Å². The van der Waals surface area contributed by atoms with Crippen LogP contribution in [0.5, 0.6) is 5.75 Å². The second-order valence-electron chi connectivity index (χ2n) is 9.42. The quantitative estimate of drug-likeness (QED) is 0.324. The van der Waals surface area contributed by atoms with Gasteiger partial charge >= 0.3 is 0 Å². The Bertz CT molecular complexity index is 1380. The molecule has 4 aromatic rings. The maximum atomic E-state index is 12.9. The summed E-state index contributed by atoms with van der Waals surface area (Å²) in [5.74, 6) is 1.69. The number of benzene rings is 3. The maximum Gasteiger partial charge on any atom is 0.255 e. The third-order valence-electron chi connectivity index (χ3n) is 6.94. The first kappa shape index (κ1) is 23.6. The van der Waals surface area contributed by atoms with E-state index in [-0.39, 0.29) is 17.9 Å². The van der Waals surface area contributed by atoms with Crippen LogP contribution in [0.1, 0.15) is 53.3 Å². The number of rotatable bonds is 6. The van der Waals surface area contributed by atoms with Gasteiger partial charge in [0.25, 0.3) is 11.8 Å². The van der Waals surface area contributed by atoms with Crippen molar-refractivity contribution in [1.29, 1.82) is 0 Å². The Morgan fingerprint density at radius 1 is 0.917 bits per heavy atom. The number of aromatic nitrogens is 2. The van der Waals surface area contributed by atoms with Crippen LogP contribution in [0.4, 0.5) is 5.69 Å². The van der Waals surface area contributed by atoms with Gasteiger partial charge in [0.1, 0.15) is 11.6 Å². The normalized spacial score (nSPS) is 17.5. The SMILES string of the molecule is COc1ccc(C(=O)Nc2ccc(-c3nc4ccc(C(=O)NC5CCCCC5C)cc4[nH]3)cc2)cc1. The van der Waals surface area contributed by atoms with Crippen molar-refractivity contribution in [3.63, 3.8) is 0 Å². The number of amides is 2. The van der Waals surface area contributed by atoms with Gasteiger partial charge in [-0.05, 0) is 85.5 Å². The number of hydrogen-bond acceptors (Lipinski definition) is 4. The number of nitrogens with zero attached hydrogens (tertiary/aromatic N) is 1. The van der Waals surface area contributed by atoms with Crippen molar-refractivity contribution in [3.8, 4) is 17.1 Å². The van der Waals surface area contributed by atoms with Crippen LogP contribution >= 0.6 is 0 Å². The minimum atomic E-state index is -0.192. The molecule has 2 atom stereocenters. The number of carbonyl (C=O) groups is 2. The lowest BCUT2D eigenvalue weighted by Crippen LogP contribution is -2.41. The molecule has 0 radical (unpaired) electrons. The molecule has 0 bridgehead atoms. The summed E-state index contributed by atoms with van der Waals surface area (Å²) in [5.41, 5.74) is 4.36. The Balaban J connectivity index is 1.27. The third-order valence-corrected chi connectivity index (χ3v) is 6.94. The van der Waals surface area contributed by atoms with Crippen molar-refractivity contribution in [2.45, 2.75) is 38.6 Å². The highest BCUT2D eigenvalue weighted by atomic mass is 16.5. The molecule has 7 nitrogen and oxygen atoms in total. The Labute approximate surface area is 210 Å². The number of H-pyrrole nitrogens is 1. The molecule has 1 fully saturated rings. The molecule has 0 aliphatic heterocycles. The molecular weight excluding hydrogens is 452 g/mol. The summed E-state index contributed by atoms with van der Waals surface area (Å²) in [5, 5.41) is 6.12. The van der Waals surface area contributed by atoms with Gasteiger partial charge in [0.2, 0.25) is 0 Å². The number of nitrogens with one attached hydrogen (secondary N) is 3. The first-order chi connectivity index (χ1) is 17.5. The van der Waals surface area contributed by atoms with E-state index in [0.29, 0.717) is 34.3 Å². The van der Waals surface area contributed by atoms with Gasteiger partial charge in [-0.3, -0.25) is 9.59 Å². The van der Waals surface area contributed by atoms with Gasteiger partial charge in [-0.15, -0.1) is 0 Å². The zero-order chi connectivity index (χ0) is 25.1. The molecule has 1 heterocycles. The lowest BCUT2D eigenvalue weighted by Gasteiger charge is -2.29. The standard InChI is InChI=1S/C29H30N4O3/c1-18-5-3-4-6-24(18)33-29(35)21-11-16-25-26(17-21)32-27(31-25)19-7-12-22(13-8-19)30-28(34)20-9-14-23(36-2)15-10-20/h7-18,24H,3-6H2,1-2H3,(H,30,34)(H,31,32)(H,33,35). The number of methoxy groups -OCH3 is 1. The number of ether oxygens (including phenoxy) is 1. The zero-order valence-electron chi connectivity index (χ0n) is 20.5. The fraction of sp³-hybridized carbons (Fsp3) is 0.276. The summed E-state index contributed by atoms with van der Waals surface area (Å²) in [6, 6.07) is 20.2. The predicted molar refractivity (Wildman–Crippen MR) is 141 cm³/mol. The zero-order valence-corrected chi connectivity index (χ0v) is 20.5. The second-order valence-corrected chi connectivity index (χ2v) is 9.42. The van der Waals surface area contributed by atoms with Crippen molar-refractivity contribution >= 4 is 28.5 Å². The van der Waals surface area contributed by atoms with Gasteiger partial charge < -0.3 is 20.4 Å². The molecule has 3 N–H and O–H groups in total. The van der Waals surface area contributed by atoms with Gasteiger partial charge in [-0.1, -0.05) is 19.8 Å². The first-order valence-corrected chi connectivity index (χ1v) is 12.4. The highest BCUT2D eigenvalue weighted by molar-refractivity contribution is 6.04. The van der Waals surface area contributed by atoms with Crippen LogP contribution in [-0.4, -0.2) is 34.9 Å². The molecule has 0 saturated heterocycles. The summed E-state index contributed by atoms with van der Waals surface area (Å²) < 4.78 is 5.14. The topological polar surface area (TPSA) is 96.1 Å². The summed E-state index contributed by atoms with van der Waals surface area (Å²) in [7, 11) is 1.59. The van der Waals surface area contributed by atoms with Crippen molar-refractivity contribution in [3.05, 3.63) is 77.9 Å². The predicted octanol–water partition coefficient (Wildman–Crippen LogP) is 5.80. The Morgan fingerprint density at radius 2 is 1.64 bits per heavy atom. The highest BCUT2D eigenvalue weighted by Gasteiger charge is 2.23. The van der Waals surface area contributed by atoms with Crippen LogP contribution in [0, 0.1) is 5.92 Å². The third kappa shape index (κ3) is 5.10. The molecule has 1 aromatic heterocycles. The van der Waals surface area contributed by atoms with Crippen molar-refractivity contribution < 1.29 is 14.3 Å². The largest absolute Gasteiger partial charge is 0.497 e. The molecule has 5 rings (SSSR count). The lowest BCUT2D eigenvalue weighted by atomic mass is 9.86. The number of imidazole rings is 1. The molecule has 1 saturated carbocycles. The molecule has 0 spiro atoms. The van der Waals surface area contributed by atoms with E-state index in [1.54, 1.807) is 31.4 Å². The van der Waals surface area contributed by atoms with Crippen LogP contribution in [-0.2, 0) is 0 Å². The summed E-state index contributed by atoms with van der Waals surface area (Å²) in [6.07, 6.45) is 4.62. The van der Waals surface area contributed by atoms with Gasteiger partial charge in [-0.2, -0.15) is 0 Å². The second kappa shape index (κ2) is 10.2. The van der Waals surface area contributed by atoms with Crippen molar-refractivity contribution in [2.75, 3.05) is 12.4 Å². The van der Waals surface area contributed by atoms with E-state index in [1.807, 2.05) is 42.5 Å². The molecule has 36 heavy (non-hydrogen) atoms. The molecule has 3 aromatic carbocycles. The average molecular weight is 483 g/mol. The fourth-order valence-corrected chi connectivity index (χ4v) is 4.73. The highest BCUT2D eigenvalue weighted by Crippen LogP contribution is 2.26. The van der Waals surface area contributed by atoms with Crippen molar-refractivity contribution in [1.82, 2.24) is 15.3 Å². The van der Waals surface area contributed by atoms with E-state index in [2.05, 4.69) is 27.5 Å². The van der Waals surface area contributed by atoms with Crippen LogP contribution in [0.15, 0.2) is 66.7 Å². The molecular formula is C29H30N4O3. The molecule has 2 amide bonds. The maximum absolute atomic E-state index is 12.9. The molecule has 1 aliphatic carbocycles. The van der Waals surface area contributed by atoms with E-state index in [0.717, 1.165) is 29.4 Å². The van der Waals surface area contributed by atoms with Gasteiger partial charge in [0.05, 0.1) is 18.1 Å². The van der Waals surface area contributed by atoms with E-state index in [9.17, 15) is 9.59 Å².